The van der Waals surface area contributed by atoms with Crippen LogP contribution in [-0.2, 0) is 13.3 Å². The number of hydrogen-bond acceptors (Lipinski definition) is 3. The molecule has 0 bridgehead atoms. The Morgan fingerprint density at radius 2 is 1.36 bits per heavy atom. The second-order valence-electron chi connectivity index (χ2n) is 7.08. The van der Waals surface area contributed by atoms with E-state index in [-0.39, 0.29) is 5.54 Å². The molecule has 0 radical (unpaired) electrons. The predicted molar refractivity (Wildman–Crippen MR) is 109 cm³/mol. The summed E-state index contributed by atoms with van der Waals surface area (Å²) < 4.78 is 17.3. The monoisotopic (exact) mass is 368 g/mol. The van der Waals surface area contributed by atoms with Gasteiger partial charge in [0.05, 0.1) is 5.54 Å². The second kappa shape index (κ2) is 13.7. The van der Waals surface area contributed by atoms with E-state index in [9.17, 15) is 0 Å². The highest BCUT2D eigenvalue weighted by Crippen LogP contribution is 2.38. The van der Waals surface area contributed by atoms with E-state index in [0.29, 0.717) is 0 Å². The zero-order valence-corrected chi connectivity index (χ0v) is 18.0. The normalized spacial score (nSPS) is 15.6. The molecule has 3 nitrogen and oxygen atoms in total. The molecule has 0 aliphatic heterocycles. The van der Waals surface area contributed by atoms with Gasteiger partial charge in [0.1, 0.15) is 0 Å². The minimum atomic E-state index is -2.63. The molecule has 1 unspecified atom stereocenters. The van der Waals surface area contributed by atoms with Gasteiger partial charge in [-0.3, -0.25) is 0 Å². The molecule has 0 heterocycles. The third-order valence-electron chi connectivity index (χ3n) is 5.33. The summed E-state index contributed by atoms with van der Waals surface area (Å²) in [6.07, 6.45) is 22.4. The van der Waals surface area contributed by atoms with Crippen LogP contribution in [0, 0.1) is 0 Å². The molecule has 0 fully saturated rings. The highest BCUT2D eigenvalue weighted by Gasteiger charge is 2.48. The summed E-state index contributed by atoms with van der Waals surface area (Å²) in [5.74, 6) is 0. The molecule has 1 atom stereocenters. The Morgan fingerprint density at radius 1 is 0.840 bits per heavy atom. The van der Waals surface area contributed by atoms with Crippen LogP contribution in [0.1, 0.15) is 84.0 Å². The Bertz CT molecular complexity index is 380. The summed E-state index contributed by atoms with van der Waals surface area (Å²) >= 11 is 0. The largest absolute Gasteiger partial charge is 0.508 e. The van der Waals surface area contributed by atoms with Crippen LogP contribution in [0.15, 0.2) is 23.8 Å². The fourth-order valence-electron chi connectivity index (χ4n) is 3.79. The van der Waals surface area contributed by atoms with Crippen molar-refractivity contribution in [3.8, 4) is 0 Å². The van der Waals surface area contributed by atoms with Gasteiger partial charge in [-0.25, -0.2) is 0 Å². The van der Waals surface area contributed by atoms with Gasteiger partial charge in [0.2, 0.25) is 0 Å². The first-order chi connectivity index (χ1) is 12.2. The number of hydrogen-bond donors (Lipinski definition) is 0. The quantitative estimate of drug-likeness (QED) is 0.232. The molecule has 4 heteroatoms. The summed E-state index contributed by atoms with van der Waals surface area (Å²) in [4.78, 5) is 0. The maximum absolute atomic E-state index is 5.77. The topological polar surface area (TPSA) is 27.7 Å². The maximum atomic E-state index is 5.77. The van der Waals surface area contributed by atoms with Gasteiger partial charge in [-0.15, -0.1) is 0 Å². The van der Waals surface area contributed by atoms with Crippen LogP contribution in [0.25, 0.3) is 0 Å². The number of allylic oxidation sites excluding steroid dienone is 4. The van der Waals surface area contributed by atoms with Gasteiger partial charge in [-0.1, -0.05) is 89.4 Å². The van der Waals surface area contributed by atoms with E-state index in [0.717, 1.165) is 12.8 Å². The molecule has 1 aliphatic carbocycles. The highest BCUT2D eigenvalue weighted by molar-refractivity contribution is 6.63. The number of unbranched alkanes of at least 4 members (excludes halogenated alkanes) is 9. The molecule has 0 N–H and O–H groups in total. The summed E-state index contributed by atoms with van der Waals surface area (Å²) in [5.41, 5.74) is 1.61. The molecule has 0 aromatic carbocycles. The summed E-state index contributed by atoms with van der Waals surface area (Å²) in [5, 5.41) is 0. The van der Waals surface area contributed by atoms with Gasteiger partial charge in [0, 0.05) is 21.3 Å². The molecule has 0 aromatic rings. The third-order valence-corrected chi connectivity index (χ3v) is 8.51. The molecule has 0 amide bonds. The van der Waals surface area contributed by atoms with Crippen molar-refractivity contribution in [3.63, 3.8) is 0 Å². The Kier molecular flexibility index (Phi) is 12.4. The first kappa shape index (κ1) is 22.6. The van der Waals surface area contributed by atoms with E-state index < -0.39 is 8.80 Å². The highest BCUT2D eigenvalue weighted by atomic mass is 28.4. The van der Waals surface area contributed by atoms with Crippen molar-refractivity contribution in [2.45, 2.75) is 89.5 Å². The fourth-order valence-corrected chi connectivity index (χ4v) is 6.33. The Morgan fingerprint density at radius 3 is 1.80 bits per heavy atom. The smallest absolute Gasteiger partial charge is 0.376 e. The van der Waals surface area contributed by atoms with Crippen molar-refractivity contribution in [2.24, 2.45) is 0 Å². The van der Waals surface area contributed by atoms with Gasteiger partial charge in [0.25, 0.3) is 0 Å². The van der Waals surface area contributed by atoms with Crippen molar-refractivity contribution < 1.29 is 13.3 Å². The average molecular weight is 369 g/mol. The summed E-state index contributed by atoms with van der Waals surface area (Å²) in [6, 6.07) is 0. The third kappa shape index (κ3) is 7.77. The maximum Gasteiger partial charge on any atom is 0.508 e. The van der Waals surface area contributed by atoms with E-state index in [2.05, 4.69) is 25.2 Å². The zero-order valence-electron chi connectivity index (χ0n) is 17.0. The molecule has 0 saturated carbocycles. The van der Waals surface area contributed by atoms with Crippen LogP contribution in [0.4, 0.5) is 0 Å². The molecular formula is C21H40O3Si. The average Bonchev–Trinajstić information content (AvgIpc) is 3.17. The lowest BCUT2D eigenvalue weighted by Gasteiger charge is -2.33. The van der Waals surface area contributed by atoms with E-state index in [1.54, 1.807) is 21.3 Å². The molecule has 0 spiro atoms. The van der Waals surface area contributed by atoms with E-state index in [4.69, 9.17) is 13.3 Å². The van der Waals surface area contributed by atoms with Crippen molar-refractivity contribution in [1.82, 2.24) is 0 Å². The lowest BCUT2D eigenvalue weighted by Crippen LogP contribution is -2.48. The minimum absolute atomic E-state index is 0.264. The Balaban J connectivity index is 2.31. The van der Waals surface area contributed by atoms with Gasteiger partial charge in [-0.05, 0) is 18.4 Å². The molecular weight excluding hydrogens is 328 g/mol. The lowest BCUT2D eigenvalue weighted by molar-refractivity contribution is 0.114. The molecule has 0 saturated heterocycles. The molecule has 0 aromatic heterocycles. The SMILES string of the molecule is CCCCCCCCCCCCC(C1=CCC=C1)[Si](OC)(OC)OC. The van der Waals surface area contributed by atoms with Crippen molar-refractivity contribution >= 4 is 8.80 Å². The van der Waals surface area contributed by atoms with Crippen LogP contribution in [-0.4, -0.2) is 30.1 Å². The van der Waals surface area contributed by atoms with Crippen LogP contribution in [0.2, 0.25) is 5.54 Å². The second-order valence-corrected chi connectivity index (χ2v) is 10.2. The predicted octanol–water partition coefficient (Wildman–Crippen LogP) is 6.43. The standard InChI is InChI=1S/C21H40O3Si/c1-5-6-7-8-9-10-11-12-13-14-19-21(20-17-15-16-18-20)25(22-2,23-3)24-4/h15,17-18,21H,5-14,16,19H2,1-4H3. The van der Waals surface area contributed by atoms with Gasteiger partial charge in [0.15, 0.2) is 0 Å². The first-order valence-corrected chi connectivity index (χ1v) is 12.1. The van der Waals surface area contributed by atoms with Gasteiger partial charge >= 0.3 is 8.80 Å². The van der Waals surface area contributed by atoms with Crippen LogP contribution in [0.5, 0.6) is 0 Å². The molecule has 1 rings (SSSR count). The minimum Gasteiger partial charge on any atom is -0.376 e. The van der Waals surface area contributed by atoms with E-state index in [1.807, 2.05) is 0 Å². The van der Waals surface area contributed by atoms with Gasteiger partial charge in [-0.2, -0.15) is 0 Å². The lowest BCUT2D eigenvalue weighted by atomic mass is 10.0. The molecule has 1 aliphatic rings. The van der Waals surface area contributed by atoms with Crippen LogP contribution in [0.3, 0.4) is 0 Å². The van der Waals surface area contributed by atoms with Crippen molar-refractivity contribution in [1.29, 1.82) is 0 Å². The van der Waals surface area contributed by atoms with Crippen molar-refractivity contribution in [2.75, 3.05) is 21.3 Å². The molecule has 25 heavy (non-hydrogen) atoms. The zero-order chi connectivity index (χ0) is 18.4. The van der Waals surface area contributed by atoms with E-state index >= 15 is 0 Å². The fraction of sp³-hybridized carbons (Fsp3) is 0.810. The number of rotatable bonds is 16. The van der Waals surface area contributed by atoms with Crippen molar-refractivity contribution in [3.05, 3.63) is 23.8 Å². The Labute approximate surface area is 157 Å². The van der Waals surface area contributed by atoms with Crippen LogP contribution < -0.4 is 0 Å². The Hall–Kier alpha value is -0.423. The molecule has 146 valence electrons. The van der Waals surface area contributed by atoms with Gasteiger partial charge < -0.3 is 13.3 Å². The summed E-state index contributed by atoms with van der Waals surface area (Å²) in [7, 11) is 2.55. The summed E-state index contributed by atoms with van der Waals surface area (Å²) in [6.45, 7) is 2.28. The van der Waals surface area contributed by atoms with E-state index in [1.165, 1.54) is 69.8 Å². The van der Waals surface area contributed by atoms with Crippen LogP contribution >= 0.6 is 0 Å². The first-order valence-electron chi connectivity index (χ1n) is 10.3.